The third-order valence-electron chi connectivity index (χ3n) is 4.57. The number of nitrogens with zero attached hydrogens (tertiary/aromatic N) is 2. The Kier molecular flexibility index (Phi) is 4.14. The average molecular weight is 335 g/mol. The van der Waals surface area contributed by atoms with Crippen molar-refractivity contribution in [3.63, 3.8) is 0 Å². The molecule has 4 rings (SSSR count). The number of benzene rings is 1. The van der Waals surface area contributed by atoms with Crippen molar-refractivity contribution in [3.8, 4) is 5.75 Å². The van der Waals surface area contributed by atoms with Crippen LogP contribution in [0, 0.1) is 0 Å². The van der Waals surface area contributed by atoms with Crippen LogP contribution in [-0.4, -0.2) is 21.9 Å². The molecule has 128 valence electrons. The average Bonchev–Trinajstić information content (AvgIpc) is 2.93. The van der Waals surface area contributed by atoms with Crippen LogP contribution < -0.4 is 10.1 Å². The Labute approximate surface area is 146 Å². The van der Waals surface area contributed by atoms with E-state index in [0.29, 0.717) is 19.6 Å². The summed E-state index contributed by atoms with van der Waals surface area (Å²) in [6, 6.07) is 14.0. The lowest BCUT2D eigenvalue weighted by molar-refractivity contribution is -0.121. The zero-order valence-electron chi connectivity index (χ0n) is 14.2. The third kappa shape index (κ3) is 2.86. The topological polar surface area (TPSA) is 55.6 Å². The molecular weight excluding hydrogens is 314 g/mol. The van der Waals surface area contributed by atoms with E-state index in [0.717, 1.165) is 34.8 Å². The molecule has 3 heterocycles. The van der Waals surface area contributed by atoms with Crippen LogP contribution in [0.4, 0.5) is 0 Å². The Hall–Kier alpha value is -2.82. The molecule has 0 unspecified atom stereocenters. The number of para-hydroxylation sites is 1. The van der Waals surface area contributed by atoms with Gasteiger partial charge in [-0.2, -0.15) is 0 Å². The fraction of sp³-hybridized carbons (Fsp3) is 0.300. The highest BCUT2D eigenvalue weighted by molar-refractivity contribution is 5.78. The fourth-order valence-electron chi connectivity index (χ4n) is 3.47. The van der Waals surface area contributed by atoms with Crippen molar-refractivity contribution in [2.24, 2.45) is 0 Å². The van der Waals surface area contributed by atoms with Crippen molar-refractivity contribution >= 4 is 11.6 Å². The second kappa shape index (κ2) is 6.59. The van der Waals surface area contributed by atoms with Gasteiger partial charge in [-0.15, -0.1) is 0 Å². The van der Waals surface area contributed by atoms with Crippen molar-refractivity contribution in [2.45, 2.75) is 32.2 Å². The maximum absolute atomic E-state index is 12.3. The van der Waals surface area contributed by atoms with Crippen LogP contribution in [0.3, 0.4) is 0 Å². The van der Waals surface area contributed by atoms with E-state index < -0.39 is 0 Å². The summed E-state index contributed by atoms with van der Waals surface area (Å²) in [6.45, 7) is 3.21. The van der Waals surface area contributed by atoms with Crippen LogP contribution >= 0.6 is 0 Å². The lowest BCUT2D eigenvalue weighted by atomic mass is 9.91. The third-order valence-corrected chi connectivity index (χ3v) is 4.57. The minimum atomic E-state index is -0.0806. The smallest absolute Gasteiger partial charge is 0.221 e. The molecule has 25 heavy (non-hydrogen) atoms. The molecule has 1 amide bonds. The minimum Gasteiger partial charge on any atom is -0.493 e. The Morgan fingerprint density at radius 3 is 2.96 bits per heavy atom. The maximum atomic E-state index is 12.3. The molecule has 0 spiro atoms. The molecule has 0 aliphatic carbocycles. The maximum Gasteiger partial charge on any atom is 0.221 e. The van der Waals surface area contributed by atoms with Gasteiger partial charge < -0.3 is 14.5 Å². The lowest BCUT2D eigenvalue weighted by Gasteiger charge is -2.19. The number of ether oxygens (including phenoxy) is 1. The Morgan fingerprint density at radius 2 is 2.08 bits per heavy atom. The predicted octanol–water partition coefficient (Wildman–Crippen LogP) is 3.27. The summed E-state index contributed by atoms with van der Waals surface area (Å²) in [5.74, 6) is 0.807. The van der Waals surface area contributed by atoms with E-state index in [1.54, 1.807) is 0 Å². The molecule has 0 saturated heterocycles. The van der Waals surface area contributed by atoms with Gasteiger partial charge in [0.1, 0.15) is 11.4 Å². The van der Waals surface area contributed by atoms with Gasteiger partial charge in [0.15, 0.2) is 0 Å². The summed E-state index contributed by atoms with van der Waals surface area (Å²) in [6.07, 6.45) is 3.35. The van der Waals surface area contributed by atoms with Crippen LogP contribution in [0.5, 0.6) is 5.75 Å². The highest BCUT2D eigenvalue weighted by atomic mass is 16.5. The quantitative estimate of drug-likeness (QED) is 0.796. The van der Waals surface area contributed by atoms with E-state index in [1.165, 1.54) is 0 Å². The normalized spacial score (nSPS) is 17.0. The largest absolute Gasteiger partial charge is 0.493 e. The predicted molar refractivity (Wildman–Crippen MR) is 95.7 cm³/mol. The van der Waals surface area contributed by atoms with Gasteiger partial charge in [-0.1, -0.05) is 31.2 Å². The van der Waals surface area contributed by atoms with E-state index in [-0.39, 0.29) is 11.8 Å². The van der Waals surface area contributed by atoms with Gasteiger partial charge in [-0.05, 0) is 24.6 Å². The first kappa shape index (κ1) is 15.7. The molecule has 1 aliphatic rings. The van der Waals surface area contributed by atoms with Crippen LogP contribution in [0.25, 0.3) is 5.65 Å². The van der Waals surface area contributed by atoms with Crippen molar-refractivity contribution in [3.05, 3.63) is 65.6 Å². The second-order valence-electron chi connectivity index (χ2n) is 6.29. The van der Waals surface area contributed by atoms with Gasteiger partial charge in [-0.3, -0.25) is 4.79 Å². The number of imidazole rings is 1. The molecule has 0 radical (unpaired) electrons. The van der Waals surface area contributed by atoms with Gasteiger partial charge in [-0.25, -0.2) is 4.98 Å². The molecule has 1 aromatic carbocycles. The molecular formula is C20H21N3O2. The molecule has 5 heteroatoms. The van der Waals surface area contributed by atoms with Crippen molar-refractivity contribution in [1.29, 1.82) is 0 Å². The number of rotatable bonds is 4. The van der Waals surface area contributed by atoms with E-state index in [4.69, 9.17) is 9.72 Å². The molecule has 1 N–H and O–H groups in total. The number of carbonyl (C=O) groups excluding carboxylic acids is 1. The molecule has 1 atom stereocenters. The first-order valence-corrected chi connectivity index (χ1v) is 8.72. The summed E-state index contributed by atoms with van der Waals surface area (Å²) >= 11 is 0. The minimum absolute atomic E-state index is 0.0398. The van der Waals surface area contributed by atoms with Crippen LogP contribution in [-0.2, 0) is 11.3 Å². The monoisotopic (exact) mass is 335 g/mol. The Bertz CT molecular complexity index is 916. The van der Waals surface area contributed by atoms with E-state index in [2.05, 4.69) is 22.7 Å². The number of aromatic nitrogens is 2. The van der Waals surface area contributed by atoms with Crippen LogP contribution in [0.1, 0.15) is 42.6 Å². The van der Waals surface area contributed by atoms with E-state index in [9.17, 15) is 4.79 Å². The highest BCUT2D eigenvalue weighted by Crippen LogP contribution is 2.37. The summed E-state index contributed by atoms with van der Waals surface area (Å²) in [5.41, 5.74) is 3.94. The summed E-state index contributed by atoms with van der Waals surface area (Å²) in [4.78, 5) is 17.0. The highest BCUT2D eigenvalue weighted by Gasteiger charge is 2.30. The van der Waals surface area contributed by atoms with Gasteiger partial charge in [0, 0.05) is 24.1 Å². The molecule has 0 bridgehead atoms. The van der Waals surface area contributed by atoms with E-state index in [1.807, 2.05) is 42.6 Å². The van der Waals surface area contributed by atoms with Crippen molar-refractivity contribution in [2.75, 3.05) is 6.61 Å². The second-order valence-corrected chi connectivity index (χ2v) is 6.29. The van der Waals surface area contributed by atoms with Gasteiger partial charge in [0.25, 0.3) is 0 Å². The van der Waals surface area contributed by atoms with Gasteiger partial charge >= 0.3 is 0 Å². The summed E-state index contributed by atoms with van der Waals surface area (Å²) in [7, 11) is 0. The molecule has 0 fully saturated rings. The molecule has 3 aromatic rings. The molecule has 0 saturated carbocycles. The molecule has 1 aliphatic heterocycles. The zero-order chi connectivity index (χ0) is 17.2. The number of pyridine rings is 1. The van der Waals surface area contributed by atoms with Crippen molar-refractivity contribution in [1.82, 2.24) is 14.7 Å². The lowest BCUT2D eigenvalue weighted by Crippen LogP contribution is -2.21. The first-order valence-electron chi connectivity index (χ1n) is 8.72. The number of amides is 1. The van der Waals surface area contributed by atoms with Crippen LogP contribution in [0.15, 0.2) is 48.7 Å². The number of hydrogen-bond donors (Lipinski definition) is 1. The number of fused-ring (bicyclic) bond motifs is 3. The number of nitrogens with one attached hydrogen (secondary N) is 1. The number of carbonyl (C=O) groups is 1. The van der Waals surface area contributed by atoms with Gasteiger partial charge in [0.2, 0.25) is 5.91 Å². The SMILES string of the molecule is CCCOc1ccccc1[C@H]1CC(=O)NCc2nc3ccccn3c21. The van der Waals surface area contributed by atoms with E-state index >= 15 is 0 Å². The first-order chi connectivity index (χ1) is 12.3. The standard InChI is InChI=1S/C20H21N3O2/c1-2-11-25-17-8-4-3-7-14(17)15-12-19(24)21-13-16-20(15)23-10-6-5-9-18(23)22-16/h3-10,15H,2,11-13H2,1H3,(H,21,24)/t15-/m1/s1. The Balaban J connectivity index is 1.88. The zero-order valence-corrected chi connectivity index (χ0v) is 14.2. The van der Waals surface area contributed by atoms with Gasteiger partial charge in [0.05, 0.1) is 24.5 Å². The molecule has 2 aromatic heterocycles. The summed E-state index contributed by atoms with van der Waals surface area (Å²) in [5, 5.41) is 2.97. The molecule has 5 nitrogen and oxygen atoms in total. The fourth-order valence-corrected chi connectivity index (χ4v) is 3.47. The van der Waals surface area contributed by atoms with Crippen LogP contribution in [0.2, 0.25) is 0 Å². The Morgan fingerprint density at radius 1 is 1.24 bits per heavy atom. The summed E-state index contributed by atoms with van der Waals surface area (Å²) < 4.78 is 8.05. The van der Waals surface area contributed by atoms with Crippen molar-refractivity contribution < 1.29 is 9.53 Å². The number of hydrogen-bond acceptors (Lipinski definition) is 3.